The van der Waals surface area contributed by atoms with E-state index in [4.69, 9.17) is 5.11 Å². The summed E-state index contributed by atoms with van der Waals surface area (Å²) >= 11 is 1.18. The van der Waals surface area contributed by atoms with Crippen molar-refractivity contribution in [3.05, 3.63) is 16.1 Å². The predicted molar refractivity (Wildman–Crippen MR) is 58.2 cm³/mol. The van der Waals surface area contributed by atoms with Crippen LogP contribution in [0.15, 0.2) is 5.38 Å². The minimum atomic E-state index is -0.943. The van der Waals surface area contributed by atoms with E-state index in [9.17, 15) is 4.79 Å². The molecule has 1 saturated carbocycles. The third kappa shape index (κ3) is 2.35. The van der Waals surface area contributed by atoms with Crippen LogP contribution in [0.2, 0.25) is 0 Å². The molecular formula is C10H14N2O2S. The number of hydrogen-bond acceptors (Lipinski definition) is 4. The van der Waals surface area contributed by atoms with Gasteiger partial charge in [0.2, 0.25) is 5.01 Å². The van der Waals surface area contributed by atoms with Crippen molar-refractivity contribution in [2.45, 2.75) is 38.3 Å². The summed E-state index contributed by atoms with van der Waals surface area (Å²) in [6.07, 6.45) is 3.67. The Morgan fingerprint density at radius 2 is 2.47 bits per heavy atom. The molecule has 0 atom stereocenters. The normalized spacial score (nSPS) is 18.5. The first-order valence-electron chi connectivity index (χ1n) is 5.02. The fourth-order valence-electron chi connectivity index (χ4n) is 1.67. The molecule has 0 aromatic carbocycles. The van der Waals surface area contributed by atoms with E-state index in [1.54, 1.807) is 5.38 Å². The molecule has 82 valence electrons. The Hall–Kier alpha value is -0.940. The van der Waals surface area contributed by atoms with Gasteiger partial charge in [-0.05, 0) is 26.2 Å². The first kappa shape index (κ1) is 10.6. The Kier molecular flexibility index (Phi) is 2.75. The molecule has 2 rings (SSSR count). The zero-order valence-electron chi connectivity index (χ0n) is 8.62. The molecule has 1 fully saturated rings. The molecule has 1 aromatic rings. The summed E-state index contributed by atoms with van der Waals surface area (Å²) in [5, 5.41) is 14.1. The Morgan fingerprint density at radius 1 is 1.73 bits per heavy atom. The third-order valence-corrected chi connectivity index (χ3v) is 3.77. The Bertz CT molecular complexity index is 371. The van der Waals surface area contributed by atoms with E-state index in [1.165, 1.54) is 30.6 Å². The van der Waals surface area contributed by atoms with Gasteiger partial charge in [-0.15, -0.1) is 11.3 Å². The van der Waals surface area contributed by atoms with Crippen molar-refractivity contribution in [1.29, 1.82) is 0 Å². The van der Waals surface area contributed by atoms with Crippen LogP contribution in [0.1, 0.15) is 41.7 Å². The molecule has 0 bridgehead atoms. The van der Waals surface area contributed by atoms with E-state index >= 15 is 0 Å². The largest absolute Gasteiger partial charge is 0.476 e. The molecule has 0 saturated heterocycles. The van der Waals surface area contributed by atoms with Gasteiger partial charge in [0.25, 0.3) is 0 Å². The fraction of sp³-hybridized carbons (Fsp3) is 0.600. The maximum absolute atomic E-state index is 10.6. The lowest BCUT2D eigenvalue weighted by Gasteiger charge is -2.39. The number of aromatic nitrogens is 1. The highest BCUT2D eigenvalue weighted by Crippen LogP contribution is 2.31. The summed E-state index contributed by atoms with van der Waals surface area (Å²) < 4.78 is 0. The first-order chi connectivity index (χ1) is 7.09. The van der Waals surface area contributed by atoms with Crippen LogP contribution in [-0.2, 0) is 6.54 Å². The molecule has 0 spiro atoms. The number of hydrogen-bond donors (Lipinski definition) is 2. The quantitative estimate of drug-likeness (QED) is 0.822. The molecule has 0 unspecified atom stereocenters. The van der Waals surface area contributed by atoms with E-state index in [-0.39, 0.29) is 10.5 Å². The predicted octanol–water partition coefficient (Wildman–Crippen LogP) is 1.87. The second-order valence-electron chi connectivity index (χ2n) is 4.22. The summed E-state index contributed by atoms with van der Waals surface area (Å²) in [6.45, 7) is 2.86. The van der Waals surface area contributed by atoms with Crippen molar-refractivity contribution in [2.24, 2.45) is 0 Å². The van der Waals surface area contributed by atoms with E-state index in [2.05, 4.69) is 17.2 Å². The second kappa shape index (κ2) is 3.90. The minimum Gasteiger partial charge on any atom is -0.476 e. The molecule has 2 N–H and O–H groups in total. The molecule has 0 amide bonds. The second-order valence-corrected chi connectivity index (χ2v) is 5.08. The number of rotatable bonds is 4. The van der Waals surface area contributed by atoms with Crippen LogP contribution < -0.4 is 5.32 Å². The van der Waals surface area contributed by atoms with Gasteiger partial charge >= 0.3 is 5.97 Å². The summed E-state index contributed by atoms with van der Waals surface area (Å²) in [7, 11) is 0. The molecule has 5 heteroatoms. The highest BCUT2D eigenvalue weighted by Gasteiger charge is 2.30. The van der Waals surface area contributed by atoms with Crippen molar-refractivity contribution >= 4 is 17.3 Å². The molecule has 4 nitrogen and oxygen atoms in total. The van der Waals surface area contributed by atoms with Crippen molar-refractivity contribution in [3.63, 3.8) is 0 Å². The van der Waals surface area contributed by atoms with Gasteiger partial charge in [0.1, 0.15) is 0 Å². The summed E-state index contributed by atoms with van der Waals surface area (Å²) in [6, 6.07) is 0. The number of thiazole rings is 1. The van der Waals surface area contributed by atoms with Crippen molar-refractivity contribution < 1.29 is 9.90 Å². The Morgan fingerprint density at radius 3 is 2.93 bits per heavy atom. The monoisotopic (exact) mass is 226 g/mol. The topological polar surface area (TPSA) is 62.2 Å². The van der Waals surface area contributed by atoms with Gasteiger partial charge in [0.05, 0.1) is 5.69 Å². The van der Waals surface area contributed by atoms with Crippen LogP contribution in [0.25, 0.3) is 0 Å². The number of aromatic carboxylic acids is 1. The smallest absolute Gasteiger partial charge is 0.365 e. The van der Waals surface area contributed by atoms with E-state index < -0.39 is 5.97 Å². The SMILES string of the molecule is CC1(NCc2csc(C(=O)O)n2)CCC1. The van der Waals surface area contributed by atoms with Gasteiger partial charge < -0.3 is 10.4 Å². The van der Waals surface area contributed by atoms with Crippen molar-refractivity contribution in [1.82, 2.24) is 10.3 Å². The standard InChI is InChI=1S/C10H14N2O2S/c1-10(3-2-4-10)11-5-7-6-15-8(12-7)9(13)14/h6,11H,2-5H2,1H3,(H,13,14). The highest BCUT2D eigenvalue weighted by molar-refractivity contribution is 7.11. The van der Waals surface area contributed by atoms with E-state index in [1.807, 2.05) is 0 Å². The molecule has 1 aliphatic carbocycles. The molecular weight excluding hydrogens is 212 g/mol. The van der Waals surface area contributed by atoms with Crippen molar-refractivity contribution in [3.8, 4) is 0 Å². The molecule has 1 aromatic heterocycles. The summed E-state index contributed by atoms with van der Waals surface area (Å²) in [4.78, 5) is 14.6. The maximum atomic E-state index is 10.6. The number of carbonyl (C=O) groups is 1. The van der Waals surface area contributed by atoms with E-state index in [0.717, 1.165) is 5.69 Å². The number of carboxylic acid groups (broad SMARTS) is 1. The third-order valence-electron chi connectivity index (χ3n) is 2.89. The van der Waals surface area contributed by atoms with Gasteiger partial charge in [-0.25, -0.2) is 9.78 Å². The van der Waals surface area contributed by atoms with Gasteiger partial charge in [0, 0.05) is 17.5 Å². The van der Waals surface area contributed by atoms with Crippen LogP contribution >= 0.6 is 11.3 Å². The average Bonchev–Trinajstić information content (AvgIpc) is 2.60. The zero-order valence-corrected chi connectivity index (χ0v) is 9.43. The first-order valence-corrected chi connectivity index (χ1v) is 5.90. The lowest BCUT2D eigenvalue weighted by molar-refractivity contribution is 0.0696. The van der Waals surface area contributed by atoms with Crippen LogP contribution in [0.5, 0.6) is 0 Å². The lowest BCUT2D eigenvalue weighted by atomic mass is 9.78. The van der Waals surface area contributed by atoms with Crippen LogP contribution in [-0.4, -0.2) is 21.6 Å². The number of carboxylic acids is 1. The highest BCUT2D eigenvalue weighted by atomic mass is 32.1. The van der Waals surface area contributed by atoms with Gasteiger partial charge in [-0.3, -0.25) is 0 Å². The van der Waals surface area contributed by atoms with Gasteiger partial charge in [0.15, 0.2) is 0 Å². The Labute approximate surface area is 92.3 Å². The summed E-state index contributed by atoms with van der Waals surface area (Å²) in [5.41, 5.74) is 1.07. The number of nitrogens with one attached hydrogen (secondary N) is 1. The van der Waals surface area contributed by atoms with Crippen LogP contribution in [0.3, 0.4) is 0 Å². The van der Waals surface area contributed by atoms with Gasteiger partial charge in [-0.1, -0.05) is 0 Å². The minimum absolute atomic E-state index is 0.172. The van der Waals surface area contributed by atoms with Gasteiger partial charge in [-0.2, -0.15) is 0 Å². The molecule has 1 aliphatic rings. The molecule has 15 heavy (non-hydrogen) atoms. The summed E-state index contributed by atoms with van der Waals surface area (Å²) in [5.74, 6) is -0.943. The van der Waals surface area contributed by atoms with E-state index in [0.29, 0.717) is 6.54 Å². The fourth-order valence-corrected chi connectivity index (χ4v) is 2.33. The molecule has 0 radical (unpaired) electrons. The molecule has 1 heterocycles. The van der Waals surface area contributed by atoms with Crippen LogP contribution in [0.4, 0.5) is 0 Å². The lowest BCUT2D eigenvalue weighted by Crippen LogP contribution is -2.47. The van der Waals surface area contributed by atoms with Crippen LogP contribution in [0, 0.1) is 0 Å². The maximum Gasteiger partial charge on any atom is 0.365 e. The molecule has 0 aliphatic heterocycles. The van der Waals surface area contributed by atoms with Crippen molar-refractivity contribution in [2.75, 3.05) is 0 Å². The number of nitrogens with zero attached hydrogens (tertiary/aromatic N) is 1. The Balaban J connectivity index is 1.90. The average molecular weight is 226 g/mol. The zero-order chi connectivity index (χ0) is 10.9.